The molecular formula is C17H20O6. The van der Waals surface area contributed by atoms with Crippen molar-refractivity contribution in [1.29, 1.82) is 0 Å². The zero-order valence-corrected chi connectivity index (χ0v) is 13.3. The number of allylic oxidation sites excluding steroid dienone is 1. The summed E-state index contributed by atoms with van der Waals surface area (Å²) in [6.45, 7) is 1.53. The number of hydrogen-bond acceptors (Lipinski definition) is 4. The van der Waals surface area contributed by atoms with E-state index in [0.717, 1.165) is 0 Å². The lowest BCUT2D eigenvalue weighted by atomic mass is 9.63. The van der Waals surface area contributed by atoms with Crippen molar-refractivity contribution in [1.82, 2.24) is 0 Å². The third-order valence-corrected chi connectivity index (χ3v) is 4.42. The number of aliphatic carboxylic acids is 2. The molecule has 0 aliphatic heterocycles. The lowest BCUT2D eigenvalue weighted by molar-refractivity contribution is -0.151. The molecule has 1 aliphatic rings. The highest BCUT2D eigenvalue weighted by Crippen LogP contribution is 2.46. The fourth-order valence-corrected chi connectivity index (χ4v) is 3.02. The number of carboxylic acid groups (broad SMARTS) is 2. The van der Waals surface area contributed by atoms with E-state index in [1.54, 1.807) is 30.4 Å². The Balaban J connectivity index is 2.62. The third kappa shape index (κ3) is 2.88. The Morgan fingerprint density at radius 2 is 1.61 bits per heavy atom. The summed E-state index contributed by atoms with van der Waals surface area (Å²) < 4.78 is 10.4. The second kappa shape index (κ2) is 5.95. The summed E-state index contributed by atoms with van der Waals surface area (Å²) in [6.07, 6.45) is 3.35. The van der Waals surface area contributed by atoms with Gasteiger partial charge in [0.25, 0.3) is 0 Å². The monoisotopic (exact) mass is 320 g/mol. The molecule has 2 rings (SSSR count). The Labute approximate surface area is 134 Å². The molecule has 0 aromatic heterocycles. The first-order chi connectivity index (χ1) is 10.8. The van der Waals surface area contributed by atoms with Gasteiger partial charge >= 0.3 is 11.9 Å². The van der Waals surface area contributed by atoms with Gasteiger partial charge in [-0.25, -0.2) is 0 Å². The van der Waals surface area contributed by atoms with Gasteiger partial charge in [-0.05, 0) is 37.5 Å². The fraction of sp³-hybridized carbons (Fsp3) is 0.412. The van der Waals surface area contributed by atoms with Crippen molar-refractivity contribution in [3.63, 3.8) is 0 Å². The highest BCUT2D eigenvalue weighted by Gasteiger charge is 2.50. The molecular weight excluding hydrogens is 300 g/mol. The van der Waals surface area contributed by atoms with Gasteiger partial charge < -0.3 is 19.7 Å². The molecule has 2 atom stereocenters. The number of carbonyl (C=O) groups is 2. The topological polar surface area (TPSA) is 93.1 Å². The second-order valence-corrected chi connectivity index (χ2v) is 5.99. The maximum atomic E-state index is 12.1. The molecule has 0 fully saturated rings. The average Bonchev–Trinajstić information content (AvgIpc) is 2.53. The first-order valence-electron chi connectivity index (χ1n) is 7.15. The summed E-state index contributed by atoms with van der Waals surface area (Å²) in [5, 5.41) is 19.3. The highest BCUT2D eigenvalue weighted by molar-refractivity contribution is 5.86. The van der Waals surface area contributed by atoms with Crippen molar-refractivity contribution >= 4 is 11.9 Å². The largest absolute Gasteiger partial charge is 0.497 e. The van der Waals surface area contributed by atoms with E-state index in [1.165, 1.54) is 21.1 Å². The van der Waals surface area contributed by atoms with Crippen LogP contribution in [0.15, 0.2) is 30.4 Å². The molecule has 23 heavy (non-hydrogen) atoms. The van der Waals surface area contributed by atoms with Crippen LogP contribution in [-0.2, 0) is 15.0 Å². The minimum Gasteiger partial charge on any atom is -0.497 e. The van der Waals surface area contributed by atoms with Gasteiger partial charge in [0.05, 0.1) is 25.0 Å². The smallest absolute Gasteiger partial charge is 0.314 e. The molecule has 6 heteroatoms. The van der Waals surface area contributed by atoms with E-state index in [4.69, 9.17) is 9.47 Å². The van der Waals surface area contributed by atoms with E-state index in [9.17, 15) is 19.8 Å². The summed E-state index contributed by atoms with van der Waals surface area (Å²) >= 11 is 0. The van der Waals surface area contributed by atoms with Gasteiger partial charge in [0.2, 0.25) is 0 Å². The van der Waals surface area contributed by atoms with Crippen LogP contribution in [0.1, 0.15) is 25.3 Å². The van der Waals surface area contributed by atoms with Gasteiger partial charge in [0, 0.05) is 6.07 Å². The molecule has 2 N–H and O–H groups in total. The maximum Gasteiger partial charge on any atom is 0.314 e. The number of ether oxygens (including phenoxy) is 2. The molecule has 6 nitrogen and oxygen atoms in total. The Morgan fingerprint density at radius 3 is 2.04 bits per heavy atom. The molecule has 1 aromatic rings. The highest BCUT2D eigenvalue weighted by atomic mass is 16.5. The number of hydrogen-bond donors (Lipinski definition) is 2. The molecule has 2 unspecified atom stereocenters. The third-order valence-electron chi connectivity index (χ3n) is 4.42. The number of benzene rings is 1. The van der Waals surface area contributed by atoms with E-state index in [1.807, 2.05) is 0 Å². The normalized spacial score (nSPS) is 26.6. The molecule has 0 saturated carbocycles. The van der Waals surface area contributed by atoms with Crippen molar-refractivity contribution in [3.8, 4) is 11.5 Å². The molecule has 0 radical (unpaired) electrons. The Kier molecular flexibility index (Phi) is 4.36. The van der Waals surface area contributed by atoms with Gasteiger partial charge in [0.15, 0.2) is 0 Å². The van der Waals surface area contributed by atoms with Gasteiger partial charge in [-0.1, -0.05) is 12.2 Å². The van der Waals surface area contributed by atoms with Crippen LogP contribution in [-0.4, -0.2) is 36.4 Å². The average molecular weight is 320 g/mol. The van der Waals surface area contributed by atoms with Crippen LogP contribution in [0.3, 0.4) is 0 Å². The van der Waals surface area contributed by atoms with Crippen molar-refractivity contribution in [2.24, 2.45) is 5.41 Å². The predicted octanol–water partition coefficient (Wildman–Crippen LogP) is 2.47. The molecule has 1 aromatic carbocycles. The summed E-state index contributed by atoms with van der Waals surface area (Å²) in [4.78, 5) is 23.6. The van der Waals surface area contributed by atoms with Gasteiger partial charge in [-0.15, -0.1) is 0 Å². The van der Waals surface area contributed by atoms with Crippen LogP contribution >= 0.6 is 0 Å². The molecule has 0 amide bonds. The Hall–Kier alpha value is -2.50. The van der Waals surface area contributed by atoms with Crippen molar-refractivity contribution in [2.45, 2.75) is 25.2 Å². The van der Waals surface area contributed by atoms with Crippen molar-refractivity contribution < 1.29 is 29.3 Å². The molecule has 0 spiro atoms. The van der Waals surface area contributed by atoms with Crippen LogP contribution in [0.4, 0.5) is 0 Å². The lowest BCUT2D eigenvalue weighted by Crippen LogP contribution is -2.45. The van der Waals surface area contributed by atoms with E-state index >= 15 is 0 Å². The zero-order valence-electron chi connectivity index (χ0n) is 13.3. The van der Waals surface area contributed by atoms with E-state index in [-0.39, 0.29) is 12.8 Å². The summed E-state index contributed by atoms with van der Waals surface area (Å²) in [6, 6.07) is 4.89. The Bertz CT molecular complexity index is 643. The van der Waals surface area contributed by atoms with Crippen LogP contribution < -0.4 is 9.47 Å². The quantitative estimate of drug-likeness (QED) is 0.810. The van der Waals surface area contributed by atoms with Crippen LogP contribution in [0, 0.1) is 5.41 Å². The van der Waals surface area contributed by atoms with E-state index in [0.29, 0.717) is 17.1 Å². The first kappa shape index (κ1) is 16.9. The van der Waals surface area contributed by atoms with Crippen molar-refractivity contribution in [3.05, 3.63) is 35.9 Å². The fourth-order valence-electron chi connectivity index (χ4n) is 3.02. The molecule has 0 heterocycles. The molecule has 1 aliphatic carbocycles. The van der Waals surface area contributed by atoms with Crippen molar-refractivity contribution in [2.75, 3.05) is 14.2 Å². The van der Waals surface area contributed by atoms with Crippen LogP contribution in [0.5, 0.6) is 11.5 Å². The van der Waals surface area contributed by atoms with Crippen LogP contribution in [0.25, 0.3) is 0 Å². The number of carboxylic acids is 2. The molecule has 0 saturated heterocycles. The van der Waals surface area contributed by atoms with Crippen LogP contribution in [0.2, 0.25) is 0 Å². The minimum atomic E-state index is -1.34. The van der Waals surface area contributed by atoms with E-state index in [2.05, 4.69) is 0 Å². The van der Waals surface area contributed by atoms with Gasteiger partial charge in [-0.3, -0.25) is 9.59 Å². The number of rotatable bonds is 5. The summed E-state index contributed by atoms with van der Waals surface area (Å²) in [7, 11) is 2.96. The standard InChI is InChI=1S/C17H20O6/c1-16(14(18)19)5-4-6-17(10-16,15(20)21)11-7-12(22-2)9-13(8-11)23-3/h4-5,7-9H,6,10H2,1-3H3,(H,18,19)(H,20,21). The minimum absolute atomic E-state index is 0.0442. The predicted molar refractivity (Wildman–Crippen MR) is 83.0 cm³/mol. The van der Waals surface area contributed by atoms with E-state index < -0.39 is 22.8 Å². The Morgan fingerprint density at radius 1 is 1.04 bits per heavy atom. The zero-order chi connectivity index (χ0) is 17.3. The maximum absolute atomic E-state index is 12.1. The van der Waals surface area contributed by atoms with Gasteiger partial charge in [0.1, 0.15) is 11.5 Å². The second-order valence-electron chi connectivity index (χ2n) is 5.99. The summed E-state index contributed by atoms with van der Waals surface area (Å²) in [5.74, 6) is -1.18. The number of methoxy groups -OCH3 is 2. The van der Waals surface area contributed by atoms with Gasteiger partial charge in [-0.2, -0.15) is 0 Å². The lowest BCUT2D eigenvalue weighted by Gasteiger charge is -2.38. The first-order valence-corrected chi connectivity index (χ1v) is 7.15. The molecule has 0 bridgehead atoms. The SMILES string of the molecule is COc1cc(OC)cc(C2(C(=O)O)CC=CC(C)(C(=O)O)C2)c1. The summed E-state index contributed by atoms with van der Waals surface area (Å²) in [5.41, 5.74) is -2.12. The molecule has 124 valence electrons.